The highest BCUT2D eigenvalue weighted by atomic mass is 35.5. The van der Waals surface area contributed by atoms with Crippen LogP contribution in [0.1, 0.15) is 37.2 Å². The van der Waals surface area contributed by atoms with Crippen LogP contribution in [0, 0.1) is 5.41 Å². The Hall–Kier alpha value is -1.81. The normalized spacial score (nSPS) is 22.4. The van der Waals surface area contributed by atoms with E-state index in [1.165, 1.54) is 5.56 Å². The number of nitrogens with zero attached hydrogens (tertiary/aromatic N) is 3. The molecule has 126 valence electrons. The van der Waals surface area contributed by atoms with Crippen molar-refractivity contribution in [1.29, 1.82) is 0 Å². The van der Waals surface area contributed by atoms with E-state index in [0.717, 1.165) is 50.3 Å². The maximum Gasteiger partial charge on any atom is 0.230 e. The van der Waals surface area contributed by atoms with Crippen LogP contribution in [0.3, 0.4) is 0 Å². The molecule has 1 atom stereocenters. The molecule has 0 spiro atoms. The van der Waals surface area contributed by atoms with Crippen molar-refractivity contribution in [3.8, 4) is 0 Å². The lowest BCUT2D eigenvalue weighted by molar-refractivity contribution is -0.138. The molecular formula is C19H22ClN3O. The van der Waals surface area contributed by atoms with Gasteiger partial charge in [0.1, 0.15) is 0 Å². The Bertz CT molecular complexity index is 707. The summed E-state index contributed by atoms with van der Waals surface area (Å²) in [5.41, 5.74) is 1.10. The summed E-state index contributed by atoms with van der Waals surface area (Å²) in [4.78, 5) is 19.3. The first-order chi connectivity index (χ1) is 11.7. The highest BCUT2D eigenvalue weighted by molar-refractivity contribution is 6.30. The molecule has 0 unspecified atom stereocenters. The number of carbonyl (C=O) groups excluding carboxylic acids is 1. The van der Waals surface area contributed by atoms with Crippen molar-refractivity contribution < 1.29 is 4.79 Å². The molecule has 2 aromatic rings. The Kier molecular flexibility index (Phi) is 4.09. The van der Waals surface area contributed by atoms with Crippen LogP contribution < -0.4 is 0 Å². The maximum absolute atomic E-state index is 13.1. The van der Waals surface area contributed by atoms with E-state index in [4.69, 9.17) is 11.6 Å². The molecule has 4 nitrogen and oxygen atoms in total. The van der Waals surface area contributed by atoms with E-state index < -0.39 is 0 Å². The first kappa shape index (κ1) is 15.7. The van der Waals surface area contributed by atoms with Crippen molar-refractivity contribution in [1.82, 2.24) is 14.5 Å². The van der Waals surface area contributed by atoms with Crippen molar-refractivity contribution in [2.24, 2.45) is 5.41 Å². The van der Waals surface area contributed by atoms with Gasteiger partial charge in [-0.2, -0.15) is 0 Å². The van der Waals surface area contributed by atoms with Crippen molar-refractivity contribution in [3.05, 3.63) is 53.6 Å². The van der Waals surface area contributed by atoms with Crippen LogP contribution in [0.5, 0.6) is 0 Å². The molecule has 1 amide bonds. The average Bonchev–Trinajstić information content (AvgIpc) is 3.21. The Morgan fingerprint density at radius 3 is 2.75 bits per heavy atom. The molecule has 2 fully saturated rings. The zero-order chi connectivity index (χ0) is 16.6. The summed E-state index contributed by atoms with van der Waals surface area (Å²) in [6.45, 7) is 2.47. The fourth-order valence-corrected chi connectivity index (χ4v) is 3.95. The third-order valence-corrected chi connectivity index (χ3v) is 5.65. The van der Waals surface area contributed by atoms with Crippen LogP contribution in [0.15, 0.2) is 43.0 Å². The second-order valence-corrected chi connectivity index (χ2v) is 7.59. The number of benzene rings is 1. The molecule has 2 heterocycles. The number of rotatable bonds is 4. The quantitative estimate of drug-likeness (QED) is 0.848. The van der Waals surface area contributed by atoms with Gasteiger partial charge in [-0.25, -0.2) is 4.98 Å². The van der Waals surface area contributed by atoms with Crippen LogP contribution in [-0.4, -0.2) is 33.4 Å². The number of aromatic nitrogens is 2. The van der Waals surface area contributed by atoms with E-state index in [1.807, 2.05) is 22.9 Å². The molecule has 1 aromatic heterocycles. The lowest BCUT2D eigenvalue weighted by Crippen LogP contribution is -2.44. The SMILES string of the molecule is O=C(N1CCC[C@@H](c2ccc(Cl)cc2)C1)C1(Cn2ccnc2)CC1. The predicted octanol–water partition coefficient (Wildman–Crippen LogP) is 3.72. The maximum atomic E-state index is 13.1. The Labute approximate surface area is 147 Å². The lowest BCUT2D eigenvalue weighted by Gasteiger charge is -2.35. The third-order valence-electron chi connectivity index (χ3n) is 5.40. The molecular weight excluding hydrogens is 322 g/mol. The lowest BCUT2D eigenvalue weighted by atomic mass is 9.89. The molecule has 5 heteroatoms. The minimum atomic E-state index is -0.192. The second kappa shape index (κ2) is 6.25. The monoisotopic (exact) mass is 343 g/mol. The summed E-state index contributed by atoms with van der Waals surface area (Å²) < 4.78 is 2.03. The number of amides is 1. The largest absolute Gasteiger partial charge is 0.342 e. The zero-order valence-electron chi connectivity index (χ0n) is 13.7. The van der Waals surface area contributed by atoms with Crippen molar-refractivity contribution in [2.75, 3.05) is 13.1 Å². The van der Waals surface area contributed by atoms with Crippen LogP contribution in [0.2, 0.25) is 5.02 Å². The highest BCUT2D eigenvalue weighted by Crippen LogP contribution is 2.49. The zero-order valence-corrected chi connectivity index (χ0v) is 14.5. The second-order valence-electron chi connectivity index (χ2n) is 7.16. The van der Waals surface area contributed by atoms with Crippen molar-refractivity contribution >= 4 is 17.5 Å². The molecule has 0 radical (unpaired) electrons. The minimum Gasteiger partial charge on any atom is -0.342 e. The Morgan fingerprint density at radius 2 is 2.08 bits per heavy atom. The number of halogens is 1. The van der Waals surface area contributed by atoms with E-state index in [1.54, 1.807) is 12.5 Å². The first-order valence-electron chi connectivity index (χ1n) is 8.67. The van der Waals surface area contributed by atoms with Gasteiger partial charge in [0.15, 0.2) is 0 Å². The standard InChI is InChI=1S/C19H22ClN3O/c20-17-5-3-15(4-6-17)16-2-1-10-23(12-16)18(24)19(7-8-19)13-22-11-9-21-14-22/h3-6,9,11,14,16H,1-2,7-8,10,12-13H2/t16-/m1/s1. The molecule has 1 aromatic carbocycles. The van der Waals surface area contributed by atoms with Gasteiger partial charge in [-0.3, -0.25) is 4.79 Å². The van der Waals surface area contributed by atoms with Crippen LogP contribution in [0.25, 0.3) is 0 Å². The Balaban J connectivity index is 1.45. The summed E-state index contributed by atoms with van der Waals surface area (Å²) in [7, 11) is 0. The predicted molar refractivity (Wildman–Crippen MR) is 93.9 cm³/mol. The number of carbonyl (C=O) groups is 1. The van der Waals surface area contributed by atoms with Gasteiger partial charge < -0.3 is 9.47 Å². The molecule has 24 heavy (non-hydrogen) atoms. The first-order valence-corrected chi connectivity index (χ1v) is 9.05. The van der Waals surface area contributed by atoms with E-state index in [9.17, 15) is 4.79 Å². The molecule has 1 saturated heterocycles. The number of hydrogen-bond donors (Lipinski definition) is 0. The Morgan fingerprint density at radius 1 is 1.29 bits per heavy atom. The molecule has 0 bridgehead atoms. The molecule has 1 aliphatic heterocycles. The van der Waals surface area contributed by atoms with E-state index >= 15 is 0 Å². The van der Waals surface area contributed by atoms with Gasteiger partial charge in [-0.15, -0.1) is 0 Å². The summed E-state index contributed by atoms with van der Waals surface area (Å²) in [6, 6.07) is 8.08. The van der Waals surface area contributed by atoms with Crippen LogP contribution >= 0.6 is 11.6 Å². The minimum absolute atomic E-state index is 0.192. The van der Waals surface area contributed by atoms with Gasteiger partial charge in [0.25, 0.3) is 0 Å². The van der Waals surface area contributed by atoms with Gasteiger partial charge in [0.2, 0.25) is 5.91 Å². The fourth-order valence-electron chi connectivity index (χ4n) is 3.82. The number of hydrogen-bond acceptors (Lipinski definition) is 2. The van der Waals surface area contributed by atoms with E-state index in [2.05, 4.69) is 22.0 Å². The molecule has 1 saturated carbocycles. The van der Waals surface area contributed by atoms with E-state index in [-0.39, 0.29) is 5.41 Å². The van der Waals surface area contributed by atoms with Gasteiger partial charge >= 0.3 is 0 Å². The molecule has 2 aliphatic rings. The molecule has 0 N–H and O–H groups in total. The van der Waals surface area contributed by atoms with Crippen molar-refractivity contribution in [3.63, 3.8) is 0 Å². The summed E-state index contributed by atoms with van der Waals surface area (Å²) in [5.74, 6) is 0.749. The highest BCUT2D eigenvalue weighted by Gasteiger charge is 2.52. The van der Waals surface area contributed by atoms with Gasteiger partial charge in [0.05, 0.1) is 11.7 Å². The molecule has 4 rings (SSSR count). The number of imidazole rings is 1. The summed E-state index contributed by atoms with van der Waals surface area (Å²) >= 11 is 5.99. The molecule has 1 aliphatic carbocycles. The van der Waals surface area contributed by atoms with Gasteiger partial charge in [-0.05, 0) is 43.4 Å². The smallest absolute Gasteiger partial charge is 0.230 e. The van der Waals surface area contributed by atoms with Crippen LogP contribution in [-0.2, 0) is 11.3 Å². The average molecular weight is 344 g/mol. The number of likely N-dealkylation sites (tertiary alicyclic amines) is 1. The topological polar surface area (TPSA) is 38.1 Å². The van der Waals surface area contributed by atoms with Gasteiger partial charge in [0, 0.05) is 43.0 Å². The fraction of sp³-hybridized carbons (Fsp3) is 0.474. The van der Waals surface area contributed by atoms with Crippen LogP contribution in [0.4, 0.5) is 0 Å². The number of piperidine rings is 1. The summed E-state index contributed by atoms with van der Waals surface area (Å²) in [5, 5.41) is 0.764. The van der Waals surface area contributed by atoms with Crippen molar-refractivity contribution in [2.45, 2.75) is 38.1 Å². The van der Waals surface area contributed by atoms with E-state index in [0.29, 0.717) is 11.8 Å². The summed E-state index contributed by atoms with van der Waals surface area (Å²) in [6.07, 6.45) is 9.72. The third kappa shape index (κ3) is 3.07. The van der Waals surface area contributed by atoms with Gasteiger partial charge in [-0.1, -0.05) is 23.7 Å².